The summed E-state index contributed by atoms with van der Waals surface area (Å²) in [6, 6.07) is 16.5. The minimum Gasteiger partial charge on any atom is -0.435 e. The molecule has 0 amide bonds. The maximum atomic E-state index is 13.3. The van der Waals surface area contributed by atoms with Crippen LogP contribution in [0.25, 0.3) is 0 Å². The second kappa shape index (κ2) is 15.5. The fourth-order valence-corrected chi connectivity index (χ4v) is 4.72. The molecule has 3 aromatic carbocycles. The Kier molecular flexibility index (Phi) is 12.4. The summed E-state index contributed by atoms with van der Waals surface area (Å²) in [5.74, 6) is -1.49. The Balaban J connectivity index is 2.07. The lowest BCUT2D eigenvalue weighted by Gasteiger charge is -2.38. The smallest absolute Gasteiger partial charge is 0.341 e. The molecule has 3 rings (SSSR count). The van der Waals surface area contributed by atoms with Gasteiger partial charge in [0.15, 0.2) is 0 Å². The molecule has 214 valence electrons. The Morgan fingerprint density at radius 2 is 1.25 bits per heavy atom. The van der Waals surface area contributed by atoms with E-state index in [2.05, 4.69) is 6.92 Å². The van der Waals surface area contributed by atoms with Gasteiger partial charge >= 0.3 is 11.9 Å². The number of halogens is 4. The lowest BCUT2D eigenvalue weighted by atomic mass is 10.1. The Labute approximate surface area is 253 Å². The standard InChI is InChI=1S/C29H29Cl4NO6/c1-4-6-18-7-5-8-21(13-18)34(26(16-37-2)39-28(35)22-14-19(30)9-11-24(22)32)27(17-38-3)40-29(36)23-15-20(31)10-12-25(23)33/h5,7-15,26-27H,4,6,16-17H2,1-3H3. The van der Waals surface area contributed by atoms with Crippen molar-refractivity contribution in [3.05, 3.63) is 97.4 Å². The van der Waals surface area contributed by atoms with E-state index < -0.39 is 24.4 Å². The Morgan fingerprint density at radius 3 is 1.70 bits per heavy atom. The maximum absolute atomic E-state index is 13.3. The zero-order valence-corrected chi connectivity index (χ0v) is 25.2. The number of carbonyl (C=O) groups excluding carboxylic acids is 2. The highest BCUT2D eigenvalue weighted by Gasteiger charge is 2.34. The summed E-state index contributed by atoms with van der Waals surface area (Å²) >= 11 is 24.7. The number of esters is 2. The van der Waals surface area contributed by atoms with E-state index in [0.717, 1.165) is 18.4 Å². The number of hydrogen-bond donors (Lipinski definition) is 0. The van der Waals surface area contributed by atoms with Gasteiger partial charge in [-0.15, -0.1) is 0 Å². The molecule has 0 saturated heterocycles. The molecule has 0 fully saturated rings. The first kappa shape index (κ1) is 32.0. The van der Waals surface area contributed by atoms with Gasteiger partial charge in [0.25, 0.3) is 0 Å². The van der Waals surface area contributed by atoms with Gasteiger partial charge < -0.3 is 18.9 Å². The molecule has 0 aromatic heterocycles. The molecule has 3 aromatic rings. The first-order valence-electron chi connectivity index (χ1n) is 12.4. The highest BCUT2D eigenvalue weighted by atomic mass is 35.5. The first-order chi connectivity index (χ1) is 19.2. The van der Waals surface area contributed by atoms with E-state index in [0.29, 0.717) is 15.7 Å². The maximum Gasteiger partial charge on any atom is 0.341 e. The molecule has 0 bridgehead atoms. The van der Waals surface area contributed by atoms with E-state index >= 15 is 0 Å². The molecule has 0 radical (unpaired) electrons. The van der Waals surface area contributed by atoms with Crippen molar-refractivity contribution in [2.24, 2.45) is 0 Å². The van der Waals surface area contributed by atoms with Crippen molar-refractivity contribution in [3.63, 3.8) is 0 Å². The fraction of sp³-hybridized carbons (Fsp3) is 0.310. The zero-order valence-electron chi connectivity index (χ0n) is 22.2. The third-order valence-corrected chi connectivity index (χ3v) is 6.90. The van der Waals surface area contributed by atoms with Crippen molar-refractivity contribution in [2.75, 3.05) is 32.3 Å². The predicted octanol–water partition coefficient (Wildman–Crippen LogP) is 7.72. The van der Waals surface area contributed by atoms with Crippen molar-refractivity contribution < 1.29 is 28.5 Å². The molecular formula is C29H29Cl4NO6. The largest absolute Gasteiger partial charge is 0.435 e. The van der Waals surface area contributed by atoms with E-state index in [1.807, 2.05) is 24.3 Å². The molecule has 7 nitrogen and oxygen atoms in total. The van der Waals surface area contributed by atoms with Crippen molar-refractivity contribution in [1.82, 2.24) is 0 Å². The van der Waals surface area contributed by atoms with Crippen LogP contribution in [0.2, 0.25) is 20.1 Å². The zero-order chi connectivity index (χ0) is 29.2. The molecule has 0 aliphatic rings. The van der Waals surface area contributed by atoms with Crippen LogP contribution in [0.3, 0.4) is 0 Å². The lowest BCUT2D eigenvalue weighted by Crippen LogP contribution is -2.52. The van der Waals surface area contributed by atoms with Gasteiger partial charge in [0.1, 0.15) is 13.2 Å². The van der Waals surface area contributed by atoms with Gasteiger partial charge in [-0.1, -0.05) is 71.9 Å². The lowest BCUT2D eigenvalue weighted by molar-refractivity contribution is -0.0341. The Hall–Kier alpha value is -2.52. The first-order valence-corrected chi connectivity index (χ1v) is 13.9. The van der Waals surface area contributed by atoms with E-state index in [1.54, 1.807) is 17.0 Å². The average molecular weight is 629 g/mol. The highest BCUT2D eigenvalue weighted by Crippen LogP contribution is 2.28. The SMILES string of the molecule is CCCc1cccc(N(C(COC)OC(=O)c2cc(Cl)ccc2Cl)C(COC)OC(=O)c2cc(Cl)ccc2Cl)c1. The molecule has 0 aliphatic carbocycles. The monoisotopic (exact) mass is 627 g/mol. The molecule has 11 heteroatoms. The van der Waals surface area contributed by atoms with Crippen LogP contribution in [0.5, 0.6) is 0 Å². The van der Waals surface area contributed by atoms with Crippen molar-refractivity contribution >= 4 is 64.0 Å². The summed E-state index contributed by atoms with van der Waals surface area (Å²) in [6.45, 7) is 1.90. The quantitative estimate of drug-likeness (QED) is 0.142. The van der Waals surface area contributed by atoms with Gasteiger partial charge in [-0.05, 0) is 60.5 Å². The molecule has 0 spiro atoms. The third kappa shape index (κ3) is 8.49. The van der Waals surface area contributed by atoms with E-state index in [9.17, 15) is 9.59 Å². The third-order valence-electron chi connectivity index (χ3n) is 5.77. The Bertz CT molecular complexity index is 1250. The number of aryl methyl sites for hydroxylation is 1. The van der Waals surface area contributed by atoms with Gasteiger partial charge in [0.2, 0.25) is 12.5 Å². The second-order valence-electron chi connectivity index (χ2n) is 8.71. The van der Waals surface area contributed by atoms with E-state index in [-0.39, 0.29) is 34.4 Å². The van der Waals surface area contributed by atoms with Crippen molar-refractivity contribution in [1.29, 1.82) is 0 Å². The summed E-state index contributed by atoms with van der Waals surface area (Å²) < 4.78 is 22.7. The molecule has 0 aliphatic heterocycles. The number of benzene rings is 3. The van der Waals surface area contributed by atoms with Gasteiger partial charge in [-0.25, -0.2) is 9.59 Å². The van der Waals surface area contributed by atoms with Crippen LogP contribution in [0.1, 0.15) is 39.6 Å². The fourth-order valence-electron chi connectivity index (χ4n) is 3.99. The van der Waals surface area contributed by atoms with Crippen LogP contribution >= 0.6 is 46.4 Å². The van der Waals surface area contributed by atoms with Crippen LogP contribution < -0.4 is 4.90 Å². The number of carbonyl (C=O) groups is 2. The topological polar surface area (TPSA) is 74.3 Å². The minimum absolute atomic E-state index is 0.0703. The average Bonchev–Trinajstić information content (AvgIpc) is 2.92. The summed E-state index contributed by atoms with van der Waals surface area (Å²) in [5, 5.41) is 0.955. The summed E-state index contributed by atoms with van der Waals surface area (Å²) in [6.07, 6.45) is -0.433. The van der Waals surface area contributed by atoms with Crippen LogP contribution in [-0.4, -0.2) is 51.8 Å². The van der Waals surface area contributed by atoms with Crippen molar-refractivity contribution in [3.8, 4) is 0 Å². The number of hydrogen-bond acceptors (Lipinski definition) is 7. The van der Waals surface area contributed by atoms with Crippen LogP contribution in [0.4, 0.5) is 5.69 Å². The molecular weight excluding hydrogens is 600 g/mol. The Morgan fingerprint density at radius 1 is 0.750 bits per heavy atom. The molecule has 2 unspecified atom stereocenters. The number of rotatable bonds is 13. The van der Waals surface area contributed by atoms with Gasteiger partial charge in [0, 0.05) is 30.0 Å². The highest BCUT2D eigenvalue weighted by molar-refractivity contribution is 6.36. The summed E-state index contributed by atoms with van der Waals surface area (Å²) in [5.41, 5.74) is 1.78. The van der Waals surface area contributed by atoms with Crippen LogP contribution in [0, 0.1) is 0 Å². The molecule has 0 heterocycles. The minimum atomic E-state index is -1.08. The summed E-state index contributed by atoms with van der Waals surface area (Å²) in [7, 11) is 2.92. The summed E-state index contributed by atoms with van der Waals surface area (Å²) in [4.78, 5) is 28.2. The van der Waals surface area contributed by atoms with Crippen LogP contribution in [0.15, 0.2) is 60.7 Å². The predicted molar refractivity (Wildman–Crippen MR) is 158 cm³/mol. The van der Waals surface area contributed by atoms with Crippen LogP contribution in [-0.2, 0) is 25.4 Å². The molecule has 0 N–H and O–H groups in total. The van der Waals surface area contributed by atoms with E-state index in [4.69, 9.17) is 65.4 Å². The number of nitrogens with zero attached hydrogens (tertiary/aromatic N) is 1. The molecule has 2 atom stereocenters. The number of anilines is 1. The van der Waals surface area contributed by atoms with Crippen molar-refractivity contribution in [2.45, 2.75) is 32.2 Å². The van der Waals surface area contributed by atoms with Gasteiger partial charge in [-0.2, -0.15) is 0 Å². The second-order valence-corrected chi connectivity index (χ2v) is 10.4. The molecule has 40 heavy (non-hydrogen) atoms. The molecule has 0 saturated carbocycles. The number of ether oxygens (including phenoxy) is 4. The number of methoxy groups -OCH3 is 2. The normalized spacial score (nSPS) is 12.5. The van der Waals surface area contributed by atoms with Gasteiger partial charge in [0.05, 0.1) is 21.2 Å². The van der Waals surface area contributed by atoms with E-state index in [1.165, 1.54) is 38.5 Å². The van der Waals surface area contributed by atoms with Gasteiger partial charge in [-0.3, -0.25) is 4.90 Å².